The standard InChI is InChI=1S/C27H34N6O11/c1-3-33(40)26(39)24-22(36)21(35)23(37)27(44-24)43-15-14-42-13-12-41-11-10-32-16-19(30-31-32)17-4-6-18(7-5-17)25(38)29-9-8-20(34)28-2/h1,4-7,16,21-24,27,35-37H,8-15H2,2H3,(H-,28,29,34,38)/p+1/t21-,22-,23+,24-,27?/m0/s1. The summed E-state index contributed by atoms with van der Waals surface area (Å²) in [4.78, 5) is 46.8. The lowest BCUT2D eigenvalue weighted by Crippen LogP contribution is -2.61. The molecule has 17 nitrogen and oxygen atoms in total. The van der Waals surface area contributed by atoms with E-state index in [-0.39, 0.29) is 56.0 Å². The minimum absolute atomic E-state index is 0.0497. The predicted octanol–water partition coefficient (Wildman–Crippen LogP) is -2.44. The second kappa shape index (κ2) is 17.2. The van der Waals surface area contributed by atoms with Gasteiger partial charge in [-0.1, -0.05) is 17.3 Å². The summed E-state index contributed by atoms with van der Waals surface area (Å²) < 4.78 is 22.6. The van der Waals surface area contributed by atoms with Crippen LogP contribution in [-0.2, 0) is 35.1 Å². The molecule has 0 bridgehead atoms. The van der Waals surface area contributed by atoms with E-state index in [2.05, 4.69) is 20.9 Å². The fraction of sp³-hybridized carbons (Fsp3) is 0.519. The second-order valence-corrected chi connectivity index (χ2v) is 9.38. The van der Waals surface area contributed by atoms with Crippen LogP contribution in [-0.4, -0.2) is 130 Å². The molecule has 1 aliphatic rings. The average molecular weight is 620 g/mol. The quantitative estimate of drug-likeness (QED) is 0.0571. The first-order valence-corrected chi connectivity index (χ1v) is 13.6. The first-order chi connectivity index (χ1) is 21.2. The molecule has 1 fully saturated rings. The number of carbonyl (C=O) groups is 3. The zero-order valence-electron chi connectivity index (χ0n) is 23.9. The number of rotatable bonds is 16. The van der Waals surface area contributed by atoms with Crippen molar-refractivity contribution in [3.63, 3.8) is 0 Å². The molecule has 1 aromatic heterocycles. The van der Waals surface area contributed by atoms with Gasteiger partial charge in [-0.25, -0.2) is 9.48 Å². The molecule has 2 heterocycles. The van der Waals surface area contributed by atoms with Gasteiger partial charge in [0.25, 0.3) is 12.0 Å². The minimum Gasteiger partial charge on any atom is -0.387 e. The van der Waals surface area contributed by atoms with E-state index >= 15 is 0 Å². The number of carbonyl (C=O) groups excluding carboxylic acids is 3. The summed E-state index contributed by atoms with van der Waals surface area (Å²) in [5, 5.41) is 43.3. The maximum Gasteiger partial charge on any atom is 0.481 e. The molecule has 0 radical (unpaired) electrons. The van der Waals surface area contributed by atoms with Crippen molar-refractivity contribution in [2.75, 3.05) is 46.6 Å². The number of aliphatic hydroxyl groups is 3. The normalized spacial score (nSPS) is 21.3. The van der Waals surface area contributed by atoms with E-state index in [1.807, 2.05) is 0 Å². The molecule has 44 heavy (non-hydrogen) atoms. The molecule has 5 atom stereocenters. The van der Waals surface area contributed by atoms with Crippen molar-refractivity contribution in [2.24, 2.45) is 0 Å². The molecule has 5 N–H and O–H groups in total. The lowest BCUT2D eigenvalue weighted by atomic mass is 9.98. The smallest absolute Gasteiger partial charge is 0.387 e. The van der Waals surface area contributed by atoms with E-state index in [0.717, 1.165) is 5.56 Å². The zero-order chi connectivity index (χ0) is 32.1. The Hall–Kier alpha value is -4.15. The highest BCUT2D eigenvalue weighted by molar-refractivity contribution is 5.94. The van der Waals surface area contributed by atoms with Gasteiger partial charge in [-0.05, 0) is 18.6 Å². The number of hydrogen-bond acceptors (Lipinski definition) is 13. The van der Waals surface area contributed by atoms with E-state index in [0.29, 0.717) is 24.4 Å². The van der Waals surface area contributed by atoms with Gasteiger partial charge in [0.1, 0.15) is 24.0 Å². The second-order valence-electron chi connectivity index (χ2n) is 9.38. The lowest BCUT2D eigenvalue weighted by molar-refractivity contribution is -0.403. The zero-order valence-corrected chi connectivity index (χ0v) is 23.9. The van der Waals surface area contributed by atoms with Gasteiger partial charge in [-0.3, -0.25) is 9.59 Å². The van der Waals surface area contributed by atoms with Crippen molar-refractivity contribution >= 4 is 17.7 Å². The number of ether oxygens (including phenoxy) is 4. The van der Waals surface area contributed by atoms with Crippen molar-refractivity contribution in [3.8, 4) is 23.7 Å². The van der Waals surface area contributed by atoms with Gasteiger partial charge < -0.3 is 44.9 Å². The number of aromatic nitrogens is 3. The number of nitrogens with zero attached hydrogens (tertiary/aromatic N) is 4. The maximum atomic E-state index is 12.2. The van der Waals surface area contributed by atoms with Crippen molar-refractivity contribution in [2.45, 2.75) is 43.7 Å². The SMILES string of the molecule is C#C[N+](=O)C(=O)[C@H]1OC(OCCOCCOCCn2cc(-c3ccc(C(=O)NCCC(=O)NC)cc3)nn2)[C@H](O)[C@@H](O)[C@@H]1O. The van der Waals surface area contributed by atoms with E-state index in [1.54, 1.807) is 35.1 Å². The van der Waals surface area contributed by atoms with Crippen molar-refractivity contribution in [3.05, 3.63) is 40.9 Å². The van der Waals surface area contributed by atoms with E-state index in [1.165, 1.54) is 13.1 Å². The Morgan fingerprint density at radius 3 is 2.41 bits per heavy atom. The topological polar surface area (TPSA) is 224 Å². The molecule has 3 amide bonds. The molecule has 1 aromatic carbocycles. The fourth-order valence-corrected chi connectivity index (χ4v) is 3.92. The van der Waals surface area contributed by atoms with Crippen LogP contribution in [0.5, 0.6) is 0 Å². The largest absolute Gasteiger partial charge is 0.481 e. The molecular formula is C27H35N6O11+. The monoisotopic (exact) mass is 619 g/mol. The molecule has 1 unspecified atom stereocenters. The molecule has 0 spiro atoms. The van der Waals surface area contributed by atoms with Crippen LogP contribution in [0.1, 0.15) is 16.8 Å². The highest BCUT2D eigenvalue weighted by atomic mass is 16.7. The first kappa shape index (κ1) is 34.3. The van der Waals surface area contributed by atoms with Crippen LogP contribution in [0.15, 0.2) is 30.5 Å². The summed E-state index contributed by atoms with van der Waals surface area (Å²) in [6, 6.07) is 8.36. The summed E-state index contributed by atoms with van der Waals surface area (Å²) in [5.74, 6) is -1.75. The number of aliphatic hydroxyl groups excluding tert-OH is 3. The number of nitrogens with one attached hydrogen (secondary N) is 2. The van der Waals surface area contributed by atoms with Gasteiger partial charge in [0.2, 0.25) is 12.0 Å². The van der Waals surface area contributed by atoms with Crippen LogP contribution in [0.4, 0.5) is 0 Å². The Morgan fingerprint density at radius 1 is 1.05 bits per heavy atom. The number of terminal acetylenes is 1. The molecule has 1 aliphatic heterocycles. The van der Waals surface area contributed by atoms with Crippen LogP contribution >= 0.6 is 0 Å². The van der Waals surface area contributed by atoms with Gasteiger partial charge in [0, 0.05) is 36.0 Å². The summed E-state index contributed by atoms with van der Waals surface area (Å²) in [6.07, 6.45) is -1.88. The first-order valence-electron chi connectivity index (χ1n) is 13.6. The van der Waals surface area contributed by atoms with Crippen LogP contribution in [0.25, 0.3) is 11.3 Å². The Balaban J connectivity index is 1.30. The third-order valence-corrected chi connectivity index (χ3v) is 6.37. The molecule has 17 heteroatoms. The number of amides is 3. The maximum absolute atomic E-state index is 12.2. The number of hydrogen-bond donors (Lipinski definition) is 5. The van der Waals surface area contributed by atoms with Gasteiger partial charge in [-0.2, -0.15) is 0 Å². The summed E-state index contributed by atoms with van der Waals surface area (Å²) in [5.41, 5.74) is 1.84. The van der Waals surface area contributed by atoms with Gasteiger partial charge in [-0.15, -0.1) is 5.10 Å². The average Bonchev–Trinajstić information content (AvgIpc) is 3.51. The molecule has 0 aliphatic carbocycles. The highest BCUT2D eigenvalue weighted by Gasteiger charge is 2.52. The minimum atomic E-state index is -1.88. The molecular weight excluding hydrogens is 584 g/mol. The third kappa shape index (κ3) is 9.68. The van der Waals surface area contributed by atoms with Crippen LogP contribution in [0, 0.1) is 17.4 Å². The van der Waals surface area contributed by atoms with Crippen LogP contribution in [0.3, 0.4) is 0 Å². The summed E-state index contributed by atoms with van der Waals surface area (Å²) in [7, 11) is 1.53. The Morgan fingerprint density at radius 2 is 1.73 bits per heavy atom. The highest BCUT2D eigenvalue weighted by Crippen LogP contribution is 2.23. The molecule has 1 saturated heterocycles. The van der Waals surface area contributed by atoms with Crippen LogP contribution in [0.2, 0.25) is 0 Å². The Kier molecular flexibility index (Phi) is 13.4. The van der Waals surface area contributed by atoms with Crippen molar-refractivity contribution in [1.29, 1.82) is 0 Å². The van der Waals surface area contributed by atoms with Gasteiger partial charge in [0.05, 0.1) is 45.8 Å². The lowest BCUT2D eigenvalue weighted by Gasteiger charge is -2.37. The van der Waals surface area contributed by atoms with E-state index in [4.69, 9.17) is 25.4 Å². The Bertz CT molecular complexity index is 1310. The number of benzene rings is 1. The fourth-order valence-electron chi connectivity index (χ4n) is 3.92. The van der Waals surface area contributed by atoms with Crippen molar-refractivity contribution in [1.82, 2.24) is 25.6 Å². The Labute approximate surface area is 252 Å². The summed E-state index contributed by atoms with van der Waals surface area (Å²) in [6.45, 7) is 1.39. The number of nitroso groups, excluding NO2 is 1. The molecule has 3 rings (SSSR count). The van der Waals surface area contributed by atoms with E-state index in [9.17, 15) is 34.6 Å². The van der Waals surface area contributed by atoms with Crippen LogP contribution < -0.4 is 10.6 Å². The molecule has 238 valence electrons. The van der Waals surface area contributed by atoms with Gasteiger partial charge >= 0.3 is 5.91 Å². The third-order valence-electron chi connectivity index (χ3n) is 6.37. The van der Waals surface area contributed by atoms with Gasteiger partial charge in [0.15, 0.2) is 11.1 Å². The predicted molar refractivity (Wildman–Crippen MR) is 148 cm³/mol. The van der Waals surface area contributed by atoms with E-state index < -0.39 is 36.6 Å². The molecule has 0 saturated carbocycles. The summed E-state index contributed by atoms with van der Waals surface area (Å²) >= 11 is 0. The molecule has 2 aromatic rings. The van der Waals surface area contributed by atoms with Crippen molar-refractivity contribution < 1.29 is 53.4 Å².